The van der Waals surface area contributed by atoms with E-state index in [1.807, 2.05) is 0 Å². The van der Waals surface area contributed by atoms with E-state index >= 15 is 13.2 Å². The number of halogens is 8. The molecule has 0 spiro atoms. The van der Waals surface area contributed by atoms with Gasteiger partial charge in [-0.15, -0.1) is 0 Å². The van der Waals surface area contributed by atoms with Crippen molar-refractivity contribution in [2.75, 3.05) is 39.9 Å². The van der Waals surface area contributed by atoms with Crippen LogP contribution in [0.1, 0.15) is 45.4 Å². The number of nitrogens with one attached hydrogen (secondary N) is 2. The minimum Gasteiger partial charge on any atom is -0.339 e. The second-order valence-corrected chi connectivity index (χ2v) is 12.9. The van der Waals surface area contributed by atoms with Gasteiger partial charge in [0.1, 0.15) is 18.5 Å². The Morgan fingerprint density at radius 1 is 0.950 bits per heavy atom. The minimum absolute atomic E-state index is 0.0543. The molecule has 3 aliphatic heterocycles. The predicted octanol–water partition coefficient (Wildman–Crippen LogP) is 3.89. The van der Waals surface area contributed by atoms with Crippen LogP contribution in [0.25, 0.3) is 0 Å². The second-order valence-electron chi connectivity index (χ2n) is 12.9. The summed E-state index contributed by atoms with van der Waals surface area (Å²) in [5.74, 6) is -9.50. The summed E-state index contributed by atoms with van der Waals surface area (Å²) in [6, 6.07) is -0.624. The van der Waals surface area contributed by atoms with Crippen LogP contribution in [0.2, 0.25) is 0 Å². The number of likely N-dealkylation sites (tertiary alicyclic amines) is 2. The number of fused-ring (bicyclic) bond motifs is 1. The van der Waals surface area contributed by atoms with Gasteiger partial charge in [0.2, 0.25) is 5.91 Å². The molecule has 0 radical (unpaired) electrons. The van der Waals surface area contributed by atoms with E-state index in [1.54, 1.807) is 0 Å². The summed E-state index contributed by atoms with van der Waals surface area (Å²) >= 11 is 0. The lowest BCUT2D eigenvalue weighted by molar-refractivity contribution is -0.204. The molecule has 0 aromatic carbocycles. The van der Waals surface area contributed by atoms with Crippen molar-refractivity contribution in [3.8, 4) is 0 Å². The molecule has 40 heavy (non-hydrogen) atoms. The Morgan fingerprint density at radius 2 is 1.62 bits per heavy atom. The summed E-state index contributed by atoms with van der Waals surface area (Å²) < 4.78 is 117. The van der Waals surface area contributed by atoms with Crippen LogP contribution < -0.4 is 10.9 Å². The van der Waals surface area contributed by atoms with Gasteiger partial charge in [-0.1, -0.05) is 6.42 Å². The van der Waals surface area contributed by atoms with Crippen molar-refractivity contribution in [1.82, 2.24) is 25.6 Å². The third-order valence-electron chi connectivity index (χ3n) is 10.3. The van der Waals surface area contributed by atoms with E-state index in [2.05, 4.69) is 10.9 Å². The number of carbonyl (C=O) groups excluding carboxylic acids is 1. The van der Waals surface area contributed by atoms with Crippen molar-refractivity contribution in [2.24, 2.45) is 29.6 Å². The van der Waals surface area contributed by atoms with E-state index in [-0.39, 0.29) is 58.5 Å². The van der Waals surface area contributed by atoms with Crippen LogP contribution in [0.4, 0.5) is 35.1 Å². The Balaban J connectivity index is 1.30. The number of hydrogen-bond donors (Lipinski definition) is 2. The highest BCUT2D eigenvalue weighted by atomic mass is 19.4. The van der Waals surface area contributed by atoms with Crippen molar-refractivity contribution in [1.29, 1.82) is 0 Å². The highest BCUT2D eigenvalue weighted by Crippen LogP contribution is 2.52. The number of hydrogen-bond acceptors (Lipinski definition) is 5. The molecule has 0 bridgehead atoms. The maximum atomic E-state index is 16.0. The minimum atomic E-state index is -4.56. The molecular formula is C26H39F8N5O. The Hall–Kier alpha value is -1.25. The van der Waals surface area contributed by atoms with Crippen LogP contribution in [0, 0.1) is 29.6 Å². The lowest BCUT2D eigenvalue weighted by Crippen LogP contribution is -2.62. The first-order chi connectivity index (χ1) is 18.6. The lowest BCUT2D eigenvalue weighted by atomic mass is 9.68. The summed E-state index contributed by atoms with van der Waals surface area (Å²) in [7, 11) is 1.44. The fraction of sp³-hybridized carbons (Fsp3) is 0.962. The SMILES string of the molecule is CN1CNNC1C(F)(F)[C@](C)(F)C1CCCC(N2CC3C(CC(CN4C[C@@H](F)[C@@H](F)C4)CC3C(F)(F)F)C2=O)C1. The normalized spacial score (nSPS) is 41.9. The monoisotopic (exact) mass is 589 g/mol. The molecule has 5 rings (SSSR count). The average molecular weight is 590 g/mol. The largest absolute Gasteiger partial charge is 0.392 e. The first-order valence-electron chi connectivity index (χ1n) is 14.2. The molecular weight excluding hydrogens is 550 g/mol. The highest BCUT2D eigenvalue weighted by molar-refractivity contribution is 5.82. The fourth-order valence-corrected chi connectivity index (χ4v) is 7.99. The van der Waals surface area contributed by atoms with Gasteiger partial charge >= 0.3 is 12.1 Å². The number of nitrogens with zero attached hydrogens (tertiary/aromatic N) is 3. The van der Waals surface area contributed by atoms with E-state index in [9.17, 15) is 26.7 Å². The van der Waals surface area contributed by atoms with Crippen LogP contribution in [-0.4, -0.2) is 103 Å². The van der Waals surface area contributed by atoms with Gasteiger partial charge in [0.05, 0.1) is 12.6 Å². The quantitative estimate of drug-likeness (QED) is 0.461. The molecule has 6 nitrogen and oxygen atoms in total. The Morgan fingerprint density at radius 3 is 2.23 bits per heavy atom. The van der Waals surface area contributed by atoms with Crippen molar-refractivity contribution >= 4 is 5.91 Å². The van der Waals surface area contributed by atoms with Gasteiger partial charge in [-0.3, -0.25) is 14.6 Å². The molecule has 2 saturated carbocycles. The number of hydrazine groups is 1. The Bertz CT molecular complexity index is 927. The number of rotatable bonds is 6. The Labute approximate surface area is 229 Å². The molecule has 2 N–H and O–H groups in total. The standard InChI is InChI=1S/C26H39F8N5O/c1-24(29,25(30,31)23-36-35-13-37(23)2)15-4-3-5-16(8-15)39-10-18-17(22(39)40)6-14(7-19(18)26(32,33)34)9-38-11-20(27)21(28)12-38/h14-21,23,35-36H,3-13H2,1-2H3/t14?,15?,16?,17?,18?,19?,20-,21+,23?,24-/m1/s1. The average Bonchev–Trinajstić information content (AvgIpc) is 3.55. The summed E-state index contributed by atoms with van der Waals surface area (Å²) in [4.78, 5) is 17.7. The van der Waals surface area contributed by atoms with Gasteiger partial charge in [0, 0.05) is 44.1 Å². The zero-order valence-corrected chi connectivity index (χ0v) is 22.7. The van der Waals surface area contributed by atoms with Crippen LogP contribution in [0.5, 0.6) is 0 Å². The van der Waals surface area contributed by atoms with Gasteiger partial charge < -0.3 is 4.90 Å². The Kier molecular flexibility index (Phi) is 8.15. The molecule has 2 aliphatic carbocycles. The molecule has 5 fully saturated rings. The second kappa shape index (κ2) is 10.8. The maximum absolute atomic E-state index is 16.0. The third-order valence-corrected chi connectivity index (χ3v) is 10.3. The molecule has 14 heteroatoms. The molecule has 0 aromatic heterocycles. The van der Waals surface area contributed by atoms with Crippen molar-refractivity contribution in [3.63, 3.8) is 0 Å². The molecule has 230 valence electrons. The first kappa shape index (κ1) is 30.2. The predicted molar refractivity (Wildman–Crippen MR) is 130 cm³/mol. The van der Waals surface area contributed by atoms with Gasteiger partial charge in [-0.2, -0.15) is 22.0 Å². The van der Waals surface area contributed by atoms with Crippen LogP contribution in [0.3, 0.4) is 0 Å². The lowest BCUT2D eigenvalue weighted by Gasteiger charge is -2.45. The van der Waals surface area contributed by atoms with Gasteiger partial charge in [0.15, 0.2) is 5.67 Å². The van der Waals surface area contributed by atoms with Crippen molar-refractivity contribution < 1.29 is 39.9 Å². The molecule has 0 aromatic rings. The summed E-state index contributed by atoms with van der Waals surface area (Å²) in [6.07, 6.45) is -8.60. The zero-order chi connectivity index (χ0) is 29.2. The summed E-state index contributed by atoms with van der Waals surface area (Å²) in [6.45, 7) is 0.574. The topological polar surface area (TPSA) is 50.9 Å². The van der Waals surface area contributed by atoms with Gasteiger partial charge in [0.25, 0.3) is 0 Å². The van der Waals surface area contributed by atoms with E-state index in [0.29, 0.717) is 12.8 Å². The van der Waals surface area contributed by atoms with E-state index < -0.39 is 77.8 Å². The first-order valence-corrected chi connectivity index (χ1v) is 14.2. The summed E-state index contributed by atoms with van der Waals surface area (Å²) in [5.41, 5.74) is 2.08. The third kappa shape index (κ3) is 5.34. The number of carbonyl (C=O) groups is 1. The fourth-order valence-electron chi connectivity index (χ4n) is 7.99. The van der Waals surface area contributed by atoms with Crippen LogP contribution >= 0.6 is 0 Å². The highest BCUT2D eigenvalue weighted by Gasteiger charge is 2.63. The van der Waals surface area contributed by atoms with Gasteiger partial charge in [-0.25, -0.2) is 24.0 Å². The number of amides is 1. The number of alkyl halides is 8. The molecule has 1 amide bonds. The smallest absolute Gasteiger partial charge is 0.339 e. The van der Waals surface area contributed by atoms with Gasteiger partial charge in [-0.05, 0) is 57.9 Å². The molecule has 7 unspecified atom stereocenters. The maximum Gasteiger partial charge on any atom is 0.392 e. The van der Waals surface area contributed by atoms with Crippen molar-refractivity contribution in [3.05, 3.63) is 0 Å². The van der Waals surface area contributed by atoms with E-state index in [4.69, 9.17) is 0 Å². The molecule has 3 saturated heterocycles. The molecule has 10 atom stereocenters. The van der Waals surface area contributed by atoms with Crippen LogP contribution in [0.15, 0.2) is 0 Å². The zero-order valence-electron chi connectivity index (χ0n) is 22.7. The molecule has 5 aliphatic rings. The van der Waals surface area contributed by atoms with Crippen LogP contribution in [-0.2, 0) is 4.79 Å². The van der Waals surface area contributed by atoms with Crippen molar-refractivity contribution in [2.45, 2.75) is 87.8 Å². The van der Waals surface area contributed by atoms with E-state index in [1.165, 1.54) is 21.7 Å². The summed E-state index contributed by atoms with van der Waals surface area (Å²) in [5, 5.41) is 0. The molecule has 3 heterocycles. The van der Waals surface area contributed by atoms with E-state index in [0.717, 1.165) is 6.92 Å².